The van der Waals surface area contributed by atoms with E-state index in [1.807, 2.05) is 30.3 Å². The number of nitriles is 1. The third-order valence-electron chi connectivity index (χ3n) is 3.74. The SMILES string of the molecule is Cn1c(C#N)ccc1C(=O)N1OCC[C@H]1c1ccccc1. The minimum atomic E-state index is -0.217. The van der Waals surface area contributed by atoms with Gasteiger partial charge in [-0.15, -0.1) is 0 Å². The van der Waals surface area contributed by atoms with E-state index in [1.165, 1.54) is 5.06 Å². The van der Waals surface area contributed by atoms with Crippen LogP contribution < -0.4 is 0 Å². The van der Waals surface area contributed by atoms with Gasteiger partial charge >= 0.3 is 0 Å². The Hall–Kier alpha value is -2.58. The molecular weight excluding hydrogens is 266 g/mol. The molecule has 1 amide bonds. The van der Waals surface area contributed by atoms with Crippen LogP contribution in [0.5, 0.6) is 0 Å². The number of rotatable bonds is 2. The molecule has 21 heavy (non-hydrogen) atoms. The maximum absolute atomic E-state index is 12.7. The largest absolute Gasteiger partial charge is 0.331 e. The zero-order chi connectivity index (χ0) is 14.8. The van der Waals surface area contributed by atoms with Crippen LogP contribution >= 0.6 is 0 Å². The Bertz CT molecular complexity index is 700. The van der Waals surface area contributed by atoms with E-state index in [2.05, 4.69) is 6.07 Å². The van der Waals surface area contributed by atoms with Crippen LogP contribution in [0.2, 0.25) is 0 Å². The van der Waals surface area contributed by atoms with Crippen LogP contribution in [0, 0.1) is 11.3 Å². The van der Waals surface area contributed by atoms with E-state index in [0.717, 1.165) is 12.0 Å². The first kappa shape index (κ1) is 13.4. The zero-order valence-electron chi connectivity index (χ0n) is 11.7. The number of carbonyl (C=O) groups is 1. The normalized spacial score (nSPS) is 17.7. The molecule has 5 nitrogen and oxygen atoms in total. The highest BCUT2D eigenvalue weighted by atomic mass is 16.7. The van der Waals surface area contributed by atoms with Crippen LogP contribution in [0.15, 0.2) is 42.5 Å². The van der Waals surface area contributed by atoms with E-state index in [9.17, 15) is 4.79 Å². The van der Waals surface area contributed by atoms with Crippen LogP contribution in [0.4, 0.5) is 0 Å². The zero-order valence-corrected chi connectivity index (χ0v) is 11.7. The van der Waals surface area contributed by atoms with Crippen molar-refractivity contribution < 1.29 is 9.63 Å². The van der Waals surface area contributed by atoms with E-state index in [1.54, 1.807) is 23.7 Å². The molecular formula is C16H15N3O2. The Morgan fingerprint density at radius 2 is 2.05 bits per heavy atom. The molecule has 106 valence electrons. The standard InChI is InChI=1S/C16H15N3O2/c1-18-13(11-17)7-8-15(18)16(20)19-14(9-10-21-19)12-5-3-2-4-6-12/h2-8,14H,9-10H2,1H3/t14-/m0/s1. The molecule has 0 aliphatic carbocycles. The van der Waals surface area contributed by atoms with Gasteiger partial charge in [0, 0.05) is 13.5 Å². The van der Waals surface area contributed by atoms with Gasteiger partial charge in [0.25, 0.3) is 5.91 Å². The lowest BCUT2D eigenvalue weighted by Gasteiger charge is -2.23. The van der Waals surface area contributed by atoms with Gasteiger partial charge in [0.2, 0.25) is 0 Å². The lowest BCUT2D eigenvalue weighted by molar-refractivity contribution is -0.0970. The fourth-order valence-corrected chi connectivity index (χ4v) is 2.60. The predicted octanol–water partition coefficient (Wildman–Crippen LogP) is 2.42. The van der Waals surface area contributed by atoms with Crippen molar-refractivity contribution in [2.45, 2.75) is 12.5 Å². The Labute approximate surface area is 122 Å². The summed E-state index contributed by atoms with van der Waals surface area (Å²) in [4.78, 5) is 18.2. The van der Waals surface area contributed by atoms with Crippen LogP contribution in [0.3, 0.4) is 0 Å². The number of hydrogen-bond donors (Lipinski definition) is 0. The van der Waals surface area contributed by atoms with Crippen LogP contribution in [0.25, 0.3) is 0 Å². The number of hydroxylamine groups is 2. The van der Waals surface area contributed by atoms with Crippen LogP contribution in [-0.2, 0) is 11.9 Å². The van der Waals surface area contributed by atoms with Crippen molar-refractivity contribution in [2.75, 3.05) is 6.61 Å². The van der Waals surface area contributed by atoms with Crippen molar-refractivity contribution in [3.8, 4) is 6.07 Å². The fraction of sp³-hybridized carbons (Fsp3) is 0.250. The molecule has 1 aromatic carbocycles. The average molecular weight is 281 g/mol. The van der Waals surface area contributed by atoms with Gasteiger partial charge in [-0.2, -0.15) is 5.26 Å². The highest BCUT2D eigenvalue weighted by Gasteiger charge is 2.33. The predicted molar refractivity (Wildman–Crippen MR) is 76.0 cm³/mol. The van der Waals surface area contributed by atoms with Crippen molar-refractivity contribution in [2.24, 2.45) is 7.05 Å². The van der Waals surface area contributed by atoms with Gasteiger partial charge in [0.1, 0.15) is 17.5 Å². The number of hydrogen-bond acceptors (Lipinski definition) is 3. The Kier molecular flexibility index (Phi) is 3.46. The summed E-state index contributed by atoms with van der Waals surface area (Å²) in [5, 5.41) is 10.4. The van der Waals surface area contributed by atoms with Gasteiger partial charge in [-0.05, 0) is 17.7 Å². The highest BCUT2D eigenvalue weighted by Crippen LogP contribution is 2.31. The summed E-state index contributed by atoms with van der Waals surface area (Å²) in [6.07, 6.45) is 0.769. The van der Waals surface area contributed by atoms with Crippen molar-refractivity contribution in [3.05, 3.63) is 59.4 Å². The summed E-state index contributed by atoms with van der Waals surface area (Å²) in [5.41, 5.74) is 1.96. The first-order valence-corrected chi connectivity index (χ1v) is 6.79. The topological polar surface area (TPSA) is 58.3 Å². The summed E-state index contributed by atoms with van der Waals surface area (Å²) in [5.74, 6) is -0.217. The molecule has 0 N–H and O–H groups in total. The van der Waals surface area contributed by atoms with Gasteiger partial charge in [-0.25, -0.2) is 5.06 Å². The Morgan fingerprint density at radius 3 is 2.71 bits per heavy atom. The third-order valence-corrected chi connectivity index (χ3v) is 3.74. The number of amides is 1. The quantitative estimate of drug-likeness (QED) is 0.849. The molecule has 1 aliphatic rings. The lowest BCUT2D eigenvalue weighted by atomic mass is 10.0. The second-order valence-electron chi connectivity index (χ2n) is 4.95. The smallest absolute Gasteiger partial charge is 0.294 e. The second kappa shape index (κ2) is 5.43. The fourth-order valence-electron chi connectivity index (χ4n) is 2.60. The summed E-state index contributed by atoms with van der Waals surface area (Å²) in [6.45, 7) is 0.515. The monoisotopic (exact) mass is 281 g/mol. The number of carbonyl (C=O) groups excluding carboxylic acids is 1. The average Bonchev–Trinajstić information content (AvgIpc) is 3.14. The van der Waals surface area contributed by atoms with Gasteiger partial charge in [-0.1, -0.05) is 30.3 Å². The maximum atomic E-state index is 12.7. The van der Waals surface area contributed by atoms with E-state index in [4.69, 9.17) is 10.1 Å². The van der Waals surface area contributed by atoms with E-state index in [-0.39, 0.29) is 11.9 Å². The van der Waals surface area contributed by atoms with Gasteiger partial charge in [0.15, 0.2) is 0 Å². The molecule has 2 aromatic rings. The van der Waals surface area contributed by atoms with E-state index >= 15 is 0 Å². The first-order valence-electron chi connectivity index (χ1n) is 6.79. The molecule has 1 aliphatic heterocycles. The minimum Gasteiger partial charge on any atom is -0.331 e. The number of benzene rings is 1. The Balaban J connectivity index is 1.90. The highest BCUT2D eigenvalue weighted by molar-refractivity contribution is 5.92. The second-order valence-corrected chi connectivity index (χ2v) is 4.95. The maximum Gasteiger partial charge on any atom is 0.294 e. The van der Waals surface area contributed by atoms with Crippen molar-refractivity contribution in [1.82, 2.24) is 9.63 Å². The minimum absolute atomic E-state index is 0.0841. The lowest BCUT2D eigenvalue weighted by Crippen LogP contribution is -2.31. The molecule has 0 radical (unpaired) electrons. The summed E-state index contributed by atoms with van der Waals surface area (Å²) in [7, 11) is 1.71. The van der Waals surface area contributed by atoms with Crippen molar-refractivity contribution >= 4 is 5.91 Å². The summed E-state index contributed by atoms with van der Waals surface area (Å²) < 4.78 is 1.59. The number of aromatic nitrogens is 1. The molecule has 3 rings (SSSR count). The molecule has 2 heterocycles. The molecule has 1 saturated heterocycles. The molecule has 1 fully saturated rings. The van der Waals surface area contributed by atoms with Gasteiger partial charge in [-0.3, -0.25) is 9.63 Å². The Morgan fingerprint density at radius 1 is 1.29 bits per heavy atom. The third kappa shape index (κ3) is 2.30. The van der Waals surface area contributed by atoms with Gasteiger partial charge in [0.05, 0.1) is 12.6 Å². The van der Waals surface area contributed by atoms with Crippen molar-refractivity contribution in [3.63, 3.8) is 0 Å². The van der Waals surface area contributed by atoms with E-state index < -0.39 is 0 Å². The first-order chi connectivity index (χ1) is 10.2. The van der Waals surface area contributed by atoms with Crippen LogP contribution in [0.1, 0.15) is 34.2 Å². The number of nitrogens with zero attached hydrogens (tertiary/aromatic N) is 3. The summed E-state index contributed by atoms with van der Waals surface area (Å²) in [6, 6.07) is 15.1. The summed E-state index contributed by atoms with van der Waals surface area (Å²) >= 11 is 0. The molecule has 0 bridgehead atoms. The molecule has 5 heteroatoms. The van der Waals surface area contributed by atoms with E-state index in [0.29, 0.717) is 18.0 Å². The van der Waals surface area contributed by atoms with Crippen molar-refractivity contribution in [1.29, 1.82) is 5.26 Å². The molecule has 0 saturated carbocycles. The molecule has 1 atom stereocenters. The van der Waals surface area contributed by atoms with Crippen LogP contribution in [-0.4, -0.2) is 22.1 Å². The molecule has 0 unspecified atom stereocenters. The molecule has 1 aromatic heterocycles. The van der Waals surface area contributed by atoms with Gasteiger partial charge < -0.3 is 4.57 Å². The molecule has 0 spiro atoms.